The van der Waals surface area contributed by atoms with E-state index in [1.54, 1.807) is 9.80 Å². The lowest BCUT2D eigenvalue weighted by Crippen LogP contribution is -2.61. The van der Waals surface area contributed by atoms with Gasteiger partial charge in [-0.25, -0.2) is 0 Å². The van der Waals surface area contributed by atoms with E-state index in [4.69, 9.17) is 0 Å². The first kappa shape index (κ1) is 11.0. The summed E-state index contributed by atoms with van der Waals surface area (Å²) in [7, 11) is 0. The molecule has 1 saturated carbocycles. The second-order valence-corrected chi connectivity index (χ2v) is 5.28. The minimum absolute atomic E-state index is 0.0474. The van der Waals surface area contributed by atoms with E-state index >= 15 is 0 Å². The van der Waals surface area contributed by atoms with Crippen LogP contribution in [0.15, 0.2) is 0 Å². The number of carbonyl (C=O) groups excluding carboxylic acids is 2. The smallest absolute Gasteiger partial charge is 0.246 e. The molecule has 2 saturated heterocycles. The Hall–Kier alpha value is -1.10. The lowest BCUT2D eigenvalue weighted by atomic mass is 10.1. The molecule has 17 heavy (non-hydrogen) atoms. The molecule has 1 unspecified atom stereocenters. The Balaban J connectivity index is 1.81. The van der Waals surface area contributed by atoms with Gasteiger partial charge in [0, 0.05) is 6.54 Å². The number of fused-ring (bicyclic) bond motifs is 1. The highest BCUT2D eigenvalue weighted by Crippen LogP contribution is 2.30. The zero-order valence-electron chi connectivity index (χ0n) is 9.84. The molecule has 1 aliphatic carbocycles. The summed E-state index contributed by atoms with van der Waals surface area (Å²) in [6.07, 6.45) is 3.77. The SMILES string of the molecule is O=C1CN([C@H]2CCC[C@@H]2O)C(=O)C2CCCN12. The molecule has 2 aliphatic heterocycles. The van der Waals surface area contributed by atoms with Gasteiger partial charge in [0.25, 0.3) is 0 Å². The topological polar surface area (TPSA) is 60.9 Å². The number of carbonyl (C=O) groups is 2. The molecule has 5 heteroatoms. The van der Waals surface area contributed by atoms with Gasteiger partial charge in [0.15, 0.2) is 0 Å². The third kappa shape index (κ3) is 1.64. The zero-order valence-corrected chi connectivity index (χ0v) is 9.84. The van der Waals surface area contributed by atoms with Crippen molar-refractivity contribution in [2.75, 3.05) is 13.1 Å². The molecular formula is C12H18N2O3. The fraction of sp³-hybridized carbons (Fsp3) is 0.833. The molecule has 1 N–H and O–H groups in total. The average molecular weight is 238 g/mol. The van der Waals surface area contributed by atoms with Gasteiger partial charge in [0.1, 0.15) is 12.6 Å². The summed E-state index contributed by atoms with van der Waals surface area (Å²) in [6, 6.07) is -0.377. The van der Waals surface area contributed by atoms with Gasteiger partial charge in [-0.1, -0.05) is 0 Å². The fourth-order valence-electron chi connectivity index (χ4n) is 3.39. The van der Waals surface area contributed by atoms with Crippen molar-refractivity contribution >= 4 is 11.8 Å². The van der Waals surface area contributed by atoms with Gasteiger partial charge < -0.3 is 14.9 Å². The molecular weight excluding hydrogens is 220 g/mol. The van der Waals surface area contributed by atoms with Crippen LogP contribution in [-0.4, -0.2) is 58.0 Å². The van der Waals surface area contributed by atoms with Crippen molar-refractivity contribution in [1.29, 1.82) is 0 Å². The monoisotopic (exact) mass is 238 g/mol. The van der Waals surface area contributed by atoms with E-state index in [0.29, 0.717) is 0 Å². The van der Waals surface area contributed by atoms with Gasteiger partial charge >= 0.3 is 0 Å². The Morgan fingerprint density at radius 1 is 1.06 bits per heavy atom. The number of hydrogen-bond acceptors (Lipinski definition) is 3. The van der Waals surface area contributed by atoms with E-state index in [0.717, 1.165) is 38.6 Å². The summed E-state index contributed by atoms with van der Waals surface area (Å²) in [6.45, 7) is 0.882. The van der Waals surface area contributed by atoms with Crippen molar-refractivity contribution in [2.45, 2.75) is 50.3 Å². The highest BCUT2D eigenvalue weighted by atomic mass is 16.3. The molecule has 3 rings (SSSR count). The van der Waals surface area contributed by atoms with Gasteiger partial charge in [-0.15, -0.1) is 0 Å². The molecule has 3 aliphatic rings. The lowest BCUT2D eigenvalue weighted by Gasteiger charge is -2.40. The number of rotatable bonds is 1. The first-order chi connectivity index (χ1) is 8.18. The number of aliphatic hydroxyl groups is 1. The van der Waals surface area contributed by atoms with Crippen molar-refractivity contribution in [3.63, 3.8) is 0 Å². The number of nitrogens with zero attached hydrogens (tertiary/aromatic N) is 2. The molecule has 0 spiro atoms. The van der Waals surface area contributed by atoms with Crippen molar-refractivity contribution in [3.05, 3.63) is 0 Å². The van der Waals surface area contributed by atoms with Crippen molar-refractivity contribution in [2.24, 2.45) is 0 Å². The second-order valence-electron chi connectivity index (χ2n) is 5.28. The van der Waals surface area contributed by atoms with Gasteiger partial charge in [0.2, 0.25) is 11.8 Å². The predicted molar refractivity (Wildman–Crippen MR) is 60.1 cm³/mol. The third-order valence-corrected chi connectivity index (χ3v) is 4.29. The van der Waals surface area contributed by atoms with E-state index in [2.05, 4.69) is 0 Å². The van der Waals surface area contributed by atoms with E-state index in [9.17, 15) is 14.7 Å². The van der Waals surface area contributed by atoms with Gasteiger partial charge in [-0.05, 0) is 32.1 Å². The lowest BCUT2D eigenvalue weighted by molar-refractivity contribution is -0.157. The molecule has 0 aromatic heterocycles. The summed E-state index contributed by atoms with van der Waals surface area (Å²) in [5.74, 6) is 0.0965. The normalized spacial score (nSPS) is 37.8. The Labute approximate surface area is 100 Å². The zero-order chi connectivity index (χ0) is 12.0. The van der Waals surface area contributed by atoms with Gasteiger partial charge in [0.05, 0.1) is 12.1 Å². The molecule has 5 nitrogen and oxygen atoms in total. The van der Waals surface area contributed by atoms with Gasteiger partial charge in [-0.3, -0.25) is 9.59 Å². The quantitative estimate of drug-likeness (QED) is 0.684. The highest BCUT2D eigenvalue weighted by Gasteiger charge is 2.46. The first-order valence-corrected chi connectivity index (χ1v) is 6.46. The molecule has 0 bridgehead atoms. The molecule has 2 heterocycles. The maximum Gasteiger partial charge on any atom is 0.246 e. The van der Waals surface area contributed by atoms with E-state index in [1.165, 1.54) is 0 Å². The average Bonchev–Trinajstić information content (AvgIpc) is 2.92. The minimum Gasteiger partial charge on any atom is -0.391 e. The highest BCUT2D eigenvalue weighted by molar-refractivity contribution is 5.95. The Bertz CT molecular complexity index is 358. The molecule has 3 fully saturated rings. The molecule has 3 atom stereocenters. The van der Waals surface area contributed by atoms with Crippen molar-refractivity contribution in [3.8, 4) is 0 Å². The summed E-state index contributed by atoms with van der Waals surface area (Å²) in [5.41, 5.74) is 0. The number of hydrogen-bond donors (Lipinski definition) is 1. The maximum absolute atomic E-state index is 12.3. The van der Waals surface area contributed by atoms with E-state index in [1.807, 2.05) is 0 Å². The van der Waals surface area contributed by atoms with Crippen LogP contribution in [0.4, 0.5) is 0 Å². The molecule has 94 valence electrons. The summed E-state index contributed by atoms with van der Waals surface area (Å²) < 4.78 is 0. The summed E-state index contributed by atoms with van der Waals surface area (Å²) in [5, 5.41) is 9.87. The predicted octanol–water partition coefficient (Wildman–Crippen LogP) is -0.267. The van der Waals surface area contributed by atoms with Crippen LogP contribution in [0.1, 0.15) is 32.1 Å². The largest absolute Gasteiger partial charge is 0.391 e. The Morgan fingerprint density at radius 3 is 2.59 bits per heavy atom. The summed E-state index contributed by atoms with van der Waals surface area (Å²) >= 11 is 0. The van der Waals surface area contributed by atoms with Gasteiger partial charge in [-0.2, -0.15) is 0 Å². The van der Waals surface area contributed by atoms with E-state index in [-0.39, 0.29) is 30.4 Å². The number of piperazine rings is 1. The van der Waals surface area contributed by atoms with Crippen LogP contribution >= 0.6 is 0 Å². The molecule has 0 aromatic carbocycles. The first-order valence-electron chi connectivity index (χ1n) is 6.46. The van der Waals surface area contributed by atoms with Crippen LogP contribution in [0.25, 0.3) is 0 Å². The van der Waals surface area contributed by atoms with Crippen LogP contribution in [0.2, 0.25) is 0 Å². The molecule has 0 aromatic rings. The fourth-order valence-corrected chi connectivity index (χ4v) is 3.39. The van der Waals surface area contributed by atoms with Crippen LogP contribution in [0.3, 0.4) is 0 Å². The Morgan fingerprint density at radius 2 is 1.88 bits per heavy atom. The van der Waals surface area contributed by atoms with Crippen LogP contribution < -0.4 is 0 Å². The van der Waals surface area contributed by atoms with Crippen molar-refractivity contribution in [1.82, 2.24) is 9.80 Å². The number of amides is 2. The minimum atomic E-state index is -0.445. The third-order valence-electron chi connectivity index (χ3n) is 4.29. The van der Waals surface area contributed by atoms with Crippen LogP contribution in [-0.2, 0) is 9.59 Å². The summed E-state index contributed by atoms with van der Waals surface area (Å²) in [4.78, 5) is 27.6. The second kappa shape index (κ2) is 3.98. The van der Waals surface area contributed by atoms with Crippen LogP contribution in [0.5, 0.6) is 0 Å². The van der Waals surface area contributed by atoms with Crippen LogP contribution in [0, 0.1) is 0 Å². The molecule has 2 amide bonds. The Kier molecular flexibility index (Phi) is 2.58. The maximum atomic E-state index is 12.3. The standard InChI is InChI=1S/C12H18N2O3/c15-10-5-1-3-8(10)14-7-11(16)13-6-2-4-9(13)12(14)17/h8-10,15H,1-7H2/t8-,9?,10-/m0/s1. The van der Waals surface area contributed by atoms with Crippen molar-refractivity contribution < 1.29 is 14.7 Å². The molecule has 0 radical (unpaired) electrons. The van der Waals surface area contributed by atoms with E-state index < -0.39 is 6.10 Å². The number of aliphatic hydroxyl groups excluding tert-OH is 1.